The normalized spacial score (nSPS) is 15.8. The lowest BCUT2D eigenvalue weighted by atomic mass is 10.1. The van der Waals surface area contributed by atoms with Crippen molar-refractivity contribution in [1.29, 1.82) is 0 Å². The Balaban J connectivity index is 1.80. The molecule has 0 aliphatic carbocycles. The van der Waals surface area contributed by atoms with Crippen molar-refractivity contribution < 1.29 is 14.3 Å². The van der Waals surface area contributed by atoms with E-state index in [0.717, 1.165) is 43.3 Å². The van der Waals surface area contributed by atoms with Crippen LogP contribution < -0.4 is 5.43 Å². The Bertz CT molecular complexity index is 740. The number of hydrogen-bond acceptors (Lipinski definition) is 5. The minimum absolute atomic E-state index is 0.358. The van der Waals surface area contributed by atoms with E-state index in [0.29, 0.717) is 18.3 Å². The summed E-state index contributed by atoms with van der Waals surface area (Å²) in [5.41, 5.74) is 0.780. The van der Waals surface area contributed by atoms with E-state index in [4.69, 9.17) is 9.15 Å². The maximum Gasteiger partial charge on any atom is 0.226 e. The summed E-state index contributed by atoms with van der Waals surface area (Å²) in [6.07, 6.45) is 3.02. The number of ether oxygens (including phenoxy) is 1. The van der Waals surface area contributed by atoms with Gasteiger partial charge in [0, 0.05) is 36.3 Å². The minimum Gasteiger partial charge on any atom is -0.502 e. The first kappa shape index (κ1) is 17.2. The third-order valence-electron chi connectivity index (χ3n) is 4.21. The average Bonchev–Trinajstić information content (AvgIpc) is 2.58. The molecule has 1 aliphatic heterocycles. The molecule has 0 atom stereocenters. The second kappa shape index (κ2) is 7.96. The Hall–Kier alpha value is -1.63. The van der Waals surface area contributed by atoms with Crippen molar-refractivity contribution in [3.05, 3.63) is 62.6 Å². The van der Waals surface area contributed by atoms with Crippen molar-refractivity contribution in [3.63, 3.8) is 0 Å². The van der Waals surface area contributed by atoms with Crippen LogP contribution in [0.5, 0.6) is 5.75 Å². The molecular formula is C18H20BrNO4. The van der Waals surface area contributed by atoms with Crippen molar-refractivity contribution in [3.8, 4) is 5.75 Å². The molecule has 128 valence electrons. The van der Waals surface area contributed by atoms with Gasteiger partial charge in [-0.05, 0) is 30.5 Å². The highest BCUT2D eigenvalue weighted by Gasteiger charge is 2.23. The SMILES string of the molecule is O=c1cc(CN(Cc2cccc(Br)c2)C2CCOCC2)occ1O. The van der Waals surface area contributed by atoms with Gasteiger partial charge in [0.15, 0.2) is 5.75 Å². The van der Waals surface area contributed by atoms with Crippen molar-refractivity contribution in [1.82, 2.24) is 4.90 Å². The Morgan fingerprint density at radius 2 is 2.00 bits per heavy atom. The van der Waals surface area contributed by atoms with Crippen LogP contribution in [0.15, 0.2) is 50.3 Å². The summed E-state index contributed by atoms with van der Waals surface area (Å²) >= 11 is 3.51. The third-order valence-corrected chi connectivity index (χ3v) is 4.70. The molecule has 0 saturated carbocycles. The molecule has 0 spiro atoms. The van der Waals surface area contributed by atoms with Gasteiger partial charge in [0.2, 0.25) is 5.43 Å². The van der Waals surface area contributed by atoms with Crippen LogP contribution in [0.25, 0.3) is 0 Å². The number of rotatable bonds is 5. The fourth-order valence-electron chi connectivity index (χ4n) is 2.96. The number of hydrogen-bond donors (Lipinski definition) is 1. The molecule has 2 heterocycles. The second-order valence-electron chi connectivity index (χ2n) is 5.97. The first-order valence-electron chi connectivity index (χ1n) is 7.99. The lowest BCUT2D eigenvalue weighted by Gasteiger charge is -2.34. The van der Waals surface area contributed by atoms with Crippen LogP contribution in [0, 0.1) is 0 Å². The summed E-state index contributed by atoms with van der Waals surface area (Å²) in [7, 11) is 0. The molecule has 0 bridgehead atoms. The van der Waals surface area contributed by atoms with E-state index in [9.17, 15) is 9.90 Å². The predicted molar refractivity (Wildman–Crippen MR) is 93.9 cm³/mol. The van der Waals surface area contributed by atoms with Crippen molar-refractivity contribution >= 4 is 15.9 Å². The van der Waals surface area contributed by atoms with Crippen LogP contribution >= 0.6 is 15.9 Å². The zero-order chi connectivity index (χ0) is 16.9. The number of benzene rings is 1. The second-order valence-corrected chi connectivity index (χ2v) is 6.89. The molecule has 24 heavy (non-hydrogen) atoms. The van der Waals surface area contributed by atoms with E-state index in [1.165, 1.54) is 11.6 Å². The minimum atomic E-state index is -0.411. The van der Waals surface area contributed by atoms with E-state index in [-0.39, 0.29) is 5.75 Å². The largest absolute Gasteiger partial charge is 0.502 e. The lowest BCUT2D eigenvalue weighted by Crippen LogP contribution is -2.38. The molecule has 1 aliphatic rings. The van der Waals surface area contributed by atoms with Crippen LogP contribution in [0.2, 0.25) is 0 Å². The first-order chi connectivity index (χ1) is 11.6. The average molecular weight is 394 g/mol. The fraction of sp³-hybridized carbons (Fsp3) is 0.389. The molecule has 0 amide bonds. The van der Waals surface area contributed by atoms with Gasteiger partial charge in [-0.15, -0.1) is 0 Å². The summed E-state index contributed by atoms with van der Waals surface area (Å²) in [5.74, 6) is 0.197. The van der Waals surface area contributed by atoms with Crippen LogP contribution in [-0.2, 0) is 17.8 Å². The maximum absolute atomic E-state index is 11.6. The van der Waals surface area contributed by atoms with Gasteiger partial charge >= 0.3 is 0 Å². The van der Waals surface area contributed by atoms with Crippen LogP contribution in [0.1, 0.15) is 24.2 Å². The smallest absolute Gasteiger partial charge is 0.226 e. The van der Waals surface area contributed by atoms with Gasteiger partial charge < -0.3 is 14.3 Å². The van der Waals surface area contributed by atoms with Gasteiger partial charge in [-0.2, -0.15) is 0 Å². The van der Waals surface area contributed by atoms with Gasteiger partial charge in [0.25, 0.3) is 0 Å². The number of aromatic hydroxyl groups is 1. The molecule has 5 nitrogen and oxygen atoms in total. The predicted octanol–water partition coefficient (Wildman–Crippen LogP) is 3.29. The van der Waals surface area contributed by atoms with Crippen LogP contribution in [0.3, 0.4) is 0 Å². The number of nitrogens with zero attached hydrogens (tertiary/aromatic N) is 1. The van der Waals surface area contributed by atoms with Crippen molar-refractivity contribution in [2.24, 2.45) is 0 Å². The summed E-state index contributed by atoms with van der Waals surface area (Å²) in [4.78, 5) is 14.0. The van der Waals surface area contributed by atoms with Crippen LogP contribution in [-0.4, -0.2) is 29.3 Å². The van der Waals surface area contributed by atoms with Gasteiger partial charge in [-0.1, -0.05) is 28.1 Å². The summed E-state index contributed by atoms with van der Waals surface area (Å²) in [5, 5.41) is 9.35. The molecule has 1 saturated heterocycles. The zero-order valence-corrected chi connectivity index (χ0v) is 14.9. The highest BCUT2D eigenvalue weighted by atomic mass is 79.9. The van der Waals surface area contributed by atoms with Crippen molar-refractivity contribution in [2.75, 3.05) is 13.2 Å². The number of halogens is 1. The highest BCUT2D eigenvalue weighted by molar-refractivity contribution is 9.10. The van der Waals surface area contributed by atoms with E-state index in [1.807, 2.05) is 12.1 Å². The summed E-state index contributed by atoms with van der Waals surface area (Å²) in [6, 6.07) is 9.94. The molecule has 3 rings (SSSR count). The van der Waals surface area contributed by atoms with Crippen LogP contribution in [0.4, 0.5) is 0 Å². The highest BCUT2D eigenvalue weighted by Crippen LogP contribution is 2.22. The molecule has 1 aromatic carbocycles. The van der Waals surface area contributed by atoms with Gasteiger partial charge in [0.05, 0.1) is 6.54 Å². The first-order valence-corrected chi connectivity index (χ1v) is 8.78. The van der Waals surface area contributed by atoms with Gasteiger partial charge in [-0.25, -0.2) is 0 Å². The Kier molecular flexibility index (Phi) is 5.71. The molecule has 2 aromatic rings. The van der Waals surface area contributed by atoms with E-state index in [2.05, 4.69) is 33.0 Å². The standard InChI is InChI=1S/C18H20BrNO4/c19-14-3-1-2-13(8-14)10-20(15-4-6-23-7-5-15)11-16-9-17(21)18(22)12-24-16/h1-3,8-9,12,15,22H,4-7,10-11H2. The van der Waals surface area contributed by atoms with Gasteiger partial charge in [-0.3, -0.25) is 9.69 Å². The van der Waals surface area contributed by atoms with E-state index >= 15 is 0 Å². The maximum atomic E-state index is 11.6. The third kappa shape index (κ3) is 4.47. The summed E-state index contributed by atoms with van der Waals surface area (Å²) < 4.78 is 11.9. The Morgan fingerprint density at radius 3 is 2.71 bits per heavy atom. The Morgan fingerprint density at radius 1 is 1.21 bits per heavy atom. The molecule has 6 heteroatoms. The fourth-order valence-corrected chi connectivity index (χ4v) is 3.41. The molecule has 0 unspecified atom stereocenters. The quantitative estimate of drug-likeness (QED) is 0.844. The van der Waals surface area contributed by atoms with Gasteiger partial charge in [0.1, 0.15) is 12.0 Å². The van der Waals surface area contributed by atoms with Crippen molar-refractivity contribution in [2.45, 2.75) is 32.0 Å². The monoisotopic (exact) mass is 393 g/mol. The van der Waals surface area contributed by atoms with E-state index < -0.39 is 5.43 Å². The zero-order valence-electron chi connectivity index (χ0n) is 13.3. The molecule has 1 fully saturated rings. The Labute approximate surface area is 149 Å². The lowest BCUT2D eigenvalue weighted by molar-refractivity contribution is 0.0250. The molecule has 1 aromatic heterocycles. The topological polar surface area (TPSA) is 62.9 Å². The van der Waals surface area contributed by atoms with E-state index in [1.54, 1.807) is 0 Å². The molecule has 0 radical (unpaired) electrons. The molecular weight excluding hydrogens is 374 g/mol. The summed E-state index contributed by atoms with van der Waals surface area (Å²) in [6.45, 7) is 2.78. The molecule has 1 N–H and O–H groups in total.